The third-order valence-electron chi connectivity index (χ3n) is 3.38. The number of fused-ring (bicyclic) bond motifs is 1. The normalized spacial score (nSPS) is 12.5. The van der Waals surface area contributed by atoms with E-state index in [9.17, 15) is 0 Å². The van der Waals surface area contributed by atoms with Crippen LogP contribution in [0.1, 0.15) is 17.2 Å². The highest BCUT2D eigenvalue weighted by molar-refractivity contribution is 6.31. The standard InChI is InChI=1S/C16H14ClN3/c17-14-10-19-7-6-13(14)15(18)9-11-5-8-20-16-4-2-1-3-12(11)16/h1-8,10,15H,9,18H2. The molecule has 2 aromatic heterocycles. The first-order chi connectivity index (χ1) is 9.75. The summed E-state index contributed by atoms with van der Waals surface area (Å²) in [5.41, 5.74) is 9.37. The molecule has 2 heterocycles. The van der Waals surface area contributed by atoms with Crippen LogP contribution in [0.2, 0.25) is 5.02 Å². The van der Waals surface area contributed by atoms with Crippen molar-refractivity contribution in [3.63, 3.8) is 0 Å². The van der Waals surface area contributed by atoms with Gasteiger partial charge in [0.05, 0.1) is 10.5 Å². The lowest BCUT2D eigenvalue weighted by atomic mass is 9.98. The van der Waals surface area contributed by atoms with E-state index in [0.29, 0.717) is 11.4 Å². The van der Waals surface area contributed by atoms with E-state index in [1.54, 1.807) is 12.4 Å². The molecule has 20 heavy (non-hydrogen) atoms. The van der Waals surface area contributed by atoms with Gasteiger partial charge in [-0.1, -0.05) is 29.8 Å². The fourth-order valence-corrected chi connectivity index (χ4v) is 2.63. The fraction of sp³-hybridized carbons (Fsp3) is 0.125. The Kier molecular flexibility index (Phi) is 3.63. The monoisotopic (exact) mass is 283 g/mol. The molecular weight excluding hydrogens is 270 g/mol. The van der Waals surface area contributed by atoms with Gasteiger partial charge in [0.2, 0.25) is 0 Å². The van der Waals surface area contributed by atoms with Gasteiger partial charge in [-0.25, -0.2) is 0 Å². The van der Waals surface area contributed by atoms with Crippen molar-refractivity contribution in [2.45, 2.75) is 12.5 Å². The Morgan fingerprint density at radius 1 is 1.10 bits per heavy atom. The maximum Gasteiger partial charge on any atom is 0.0704 e. The maximum atomic E-state index is 6.29. The molecule has 0 spiro atoms. The number of rotatable bonds is 3. The van der Waals surface area contributed by atoms with Gasteiger partial charge in [0, 0.05) is 30.0 Å². The van der Waals surface area contributed by atoms with Crippen LogP contribution < -0.4 is 5.73 Å². The van der Waals surface area contributed by atoms with Gasteiger partial charge in [0.15, 0.2) is 0 Å². The molecule has 0 saturated carbocycles. The SMILES string of the molecule is NC(Cc1ccnc2ccccc12)c1ccncc1Cl. The summed E-state index contributed by atoms with van der Waals surface area (Å²) in [6.07, 6.45) is 5.87. The van der Waals surface area contributed by atoms with Gasteiger partial charge in [-0.15, -0.1) is 0 Å². The predicted octanol–water partition coefficient (Wildman–Crippen LogP) is 3.53. The zero-order valence-corrected chi connectivity index (χ0v) is 11.6. The molecule has 0 aliphatic carbocycles. The molecule has 2 N–H and O–H groups in total. The Morgan fingerprint density at radius 3 is 2.80 bits per heavy atom. The second-order valence-electron chi connectivity index (χ2n) is 4.70. The zero-order chi connectivity index (χ0) is 13.9. The number of aromatic nitrogens is 2. The number of para-hydroxylation sites is 1. The molecule has 0 radical (unpaired) electrons. The van der Waals surface area contributed by atoms with Gasteiger partial charge in [0.1, 0.15) is 0 Å². The van der Waals surface area contributed by atoms with Crippen LogP contribution in [0.5, 0.6) is 0 Å². The van der Waals surface area contributed by atoms with Crippen LogP contribution >= 0.6 is 11.6 Å². The highest BCUT2D eigenvalue weighted by Gasteiger charge is 2.12. The first-order valence-corrected chi connectivity index (χ1v) is 6.81. The number of pyridine rings is 2. The summed E-state index contributed by atoms with van der Waals surface area (Å²) in [6, 6.07) is 11.8. The highest BCUT2D eigenvalue weighted by atomic mass is 35.5. The lowest BCUT2D eigenvalue weighted by Gasteiger charge is -2.14. The van der Waals surface area contributed by atoms with Gasteiger partial charge in [-0.2, -0.15) is 0 Å². The van der Waals surface area contributed by atoms with Crippen molar-refractivity contribution in [2.24, 2.45) is 5.73 Å². The van der Waals surface area contributed by atoms with Gasteiger partial charge in [0.25, 0.3) is 0 Å². The molecular formula is C16H14ClN3. The van der Waals surface area contributed by atoms with Crippen LogP contribution in [0.15, 0.2) is 55.0 Å². The quantitative estimate of drug-likeness (QED) is 0.800. The molecule has 1 atom stereocenters. The Bertz CT molecular complexity index is 737. The number of hydrogen-bond donors (Lipinski definition) is 1. The van der Waals surface area contributed by atoms with E-state index in [1.165, 1.54) is 5.56 Å². The van der Waals surface area contributed by atoms with Gasteiger partial charge >= 0.3 is 0 Å². The predicted molar refractivity (Wildman–Crippen MR) is 81.6 cm³/mol. The molecule has 0 aliphatic heterocycles. The first kappa shape index (κ1) is 13.0. The van der Waals surface area contributed by atoms with Crippen LogP contribution in [-0.4, -0.2) is 9.97 Å². The zero-order valence-electron chi connectivity index (χ0n) is 10.8. The lowest BCUT2D eigenvalue weighted by molar-refractivity contribution is 0.723. The summed E-state index contributed by atoms with van der Waals surface area (Å²) in [4.78, 5) is 8.35. The molecule has 1 unspecified atom stereocenters. The van der Waals surface area contributed by atoms with Crippen LogP contribution in [0.4, 0.5) is 0 Å². The van der Waals surface area contributed by atoms with E-state index in [2.05, 4.69) is 16.0 Å². The molecule has 3 rings (SSSR count). The summed E-state index contributed by atoms with van der Waals surface area (Å²) in [5.74, 6) is 0. The third kappa shape index (κ3) is 2.50. The van der Waals surface area contributed by atoms with E-state index < -0.39 is 0 Å². The van der Waals surface area contributed by atoms with E-state index in [1.807, 2.05) is 36.5 Å². The number of benzene rings is 1. The molecule has 100 valence electrons. The summed E-state index contributed by atoms with van der Waals surface area (Å²) in [6.45, 7) is 0. The van der Waals surface area contributed by atoms with Crippen LogP contribution in [0, 0.1) is 0 Å². The minimum absolute atomic E-state index is 0.156. The minimum Gasteiger partial charge on any atom is -0.324 e. The second kappa shape index (κ2) is 5.57. The van der Waals surface area contributed by atoms with E-state index >= 15 is 0 Å². The Morgan fingerprint density at radius 2 is 1.95 bits per heavy atom. The molecule has 0 amide bonds. The molecule has 0 aliphatic rings. The molecule has 3 aromatic rings. The average Bonchev–Trinajstić information content (AvgIpc) is 2.48. The Hall–Kier alpha value is -1.97. The number of halogens is 1. The molecule has 4 heteroatoms. The molecule has 0 fully saturated rings. The largest absolute Gasteiger partial charge is 0.324 e. The van der Waals surface area contributed by atoms with Crippen molar-refractivity contribution in [3.8, 4) is 0 Å². The third-order valence-corrected chi connectivity index (χ3v) is 3.70. The average molecular weight is 284 g/mol. The topological polar surface area (TPSA) is 51.8 Å². The van der Waals surface area contributed by atoms with Crippen molar-refractivity contribution < 1.29 is 0 Å². The highest BCUT2D eigenvalue weighted by Crippen LogP contribution is 2.25. The van der Waals surface area contributed by atoms with Crippen LogP contribution in [0.3, 0.4) is 0 Å². The second-order valence-corrected chi connectivity index (χ2v) is 5.10. The minimum atomic E-state index is -0.156. The van der Waals surface area contributed by atoms with Gasteiger partial charge in [-0.3, -0.25) is 9.97 Å². The smallest absolute Gasteiger partial charge is 0.0704 e. The van der Waals surface area contributed by atoms with E-state index in [0.717, 1.165) is 16.5 Å². The number of nitrogens with zero attached hydrogens (tertiary/aromatic N) is 2. The number of hydrogen-bond acceptors (Lipinski definition) is 3. The van der Waals surface area contributed by atoms with Crippen molar-refractivity contribution in [1.29, 1.82) is 0 Å². The summed E-state index contributed by atoms with van der Waals surface area (Å²) >= 11 is 6.15. The van der Waals surface area contributed by atoms with Crippen LogP contribution in [-0.2, 0) is 6.42 Å². The van der Waals surface area contributed by atoms with Crippen molar-refractivity contribution in [3.05, 3.63) is 71.1 Å². The summed E-state index contributed by atoms with van der Waals surface area (Å²) in [7, 11) is 0. The molecule has 0 saturated heterocycles. The molecule has 0 bridgehead atoms. The molecule has 3 nitrogen and oxygen atoms in total. The summed E-state index contributed by atoms with van der Waals surface area (Å²) < 4.78 is 0. The van der Waals surface area contributed by atoms with E-state index in [4.69, 9.17) is 17.3 Å². The van der Waals surface area contributed by atoms with Crippen LogP contribution in [0.25, 0.3) is 10.9 Å². The first-order valence-electron chi connectivity index (χ1n) is 6.43. The molecule has 1 aromatic carbocycles. The Balaban J connectivity index is 1.96. The van der Waals surface area contributed by atoms with Crippen molar-refractivity contribution in [1.82, 2.24) is 9.97 Å². The number of nitrogens with two attached hydrogens (primary N) is 1. The van der Waals surface area contributed by atoms with Crippen molar-refractivity contribution >= 4 is 22.5 Å². The lowest BCUT2D eigenvalue weighted by Crippen LogP contribution is -2.14. The maximum absolute atomic E-state index is 6.29. The van der Waals surface area contributed by atoms with Gasteiger partial charge in [-0.05, 0) is 35.7 Å². The van der Waals surface area contributed by atoms with Gasteiger partial charge < -0.3 is 5.73 Å². The Labute approximate surface area is 122 Å². The van der Waals surface area contributed by atoms with Crippen molar-refractivity contribution in [2.75, 3.05) is 0 Å². The van der Waals surface area contributed by atoms with E-state index in [-0.39, 0.29) is 6.04 Å². The summed E-state index contributed by atoms with van der Waals surface area (Å²) in [5, 5.41) is 1.74. The fourth-order valence-electron chi connectivity index (χ4n) is 2.37.